The summed E-state index contributed by atoms with van der Waals surface area (Å²) >= 11 is 0. The summed E-state index contributed by atoms with van der Waals surface area (Å²) < 4.78 is 45.7. The van der Waals surface area contributed by atoms with E-state index >= 15 is 0 Å². The highest BCUT2D eigenvalue weighted by molar-refractivity contribution is 6.04. The van der Waals surface area contributed by atoms with Crippen molar-refractivity contribution in [1.29, 1.82) is 0 Å². The zero-order valence-electron chi connectivity index (χ0n) is 14.5. The average molecular weight is 400 g/mol. The Morgan fingerprint density at radius 3 is 2.62 bits per heavy atom. The third kappa shape index (κ3) is 3.72. The number of rotatable bonds is 3. The summed E-state index contributed by atoms with van der Waals surface area (Å²) in [5.74, 6) is -0.0168. The first-order chi connectivity index (χ1) is 13.8. The number of alkyl halides is 3. The van der Waals surface area contributed by atoms with Crippen LogP contribution >= 0.6 is 0 Å². The van der Waals surface area contributed by atoms with Crippen molar-refractivity contribution >= 4 is 22.6 Å². The Hall–Kier alpha value is -3.95. The van der Waals surface area contributed by atoms with Crippen LogP contribution in [0, 0.1) is 0 Å². The van der Waals surface area contributed by atoms with Crippen molar-refractivity contribution in [2.45, 2.75) is 6.18 Å². The van der Waals surface area contributed by atoms with Crippen molar-refractivity contribution in [3.8, 4) is 5.82 Å². The number of pyridine rings is 1. The minimum atomic E-state index is -4.71. The highest BCUT2D eigenvalue weighted by atomic mass is 19.4. The molecule has 0 bridgehead atoms. The molecule has 146 valence electrons. The smallest absolute Gasteiger partial charge is 0.417 e. The van der Waals surface area contributed by atoms with E-state index in [1.807, 2.05) is 0 Å². The van der Waals surface area contributed by atoms with Gasteiger partial charge in [-0.05, 0) is 30.3 Å². The van der Waals surface area contributed by atoms with Crippen molar-refractivity contribution in [2.24, 2.45) is 0 Å². The number of aromatic nitrogens is 3. The van der Waals surface area contributed by atoms with Crippen LogP contribution in [0.5, 0.6) is 0 Å². The van der Waals surface area contributed by atoms with E-state index in [-0.39, 0.29) is 22.2 Å². The molecule has 4 aromatic rings. The molecule has 29 heavy (non-hydrogen) atoms. The zero-order valence-corrected chi connectivity index (χ0v) is 14.5. The molecule has 4 rings (SSSR count). The lowest BCUT2D eigenvalue weighted by Crippen LogP contribution is -2.13. The largest absolute Gasteiger partial charge is 0.423 e. The van der Waals surface area contributed by atoms with E-state index in [2.05, 4.69) is 15.4 Å². The molecule has 1 amide bonds. The molecule has 0 atom stereocenters. The van der Waals surface area contributed by atoms with Crippen molar-refractivity contribution in [1.82, 2.24) is 14.8 Å². The van der Waals surface area contributed by atoms with Crippen LogP contribution in [0.1, 0.15) is 15.9 Å². The minimum absolute atomic E-state index is 0.168. The molecule has 1 aromatic carbocycles. The van der Waals surface area contributed by atoms with E-state index in [9.17, 15) is 22.8 Å². The molecular weight excluding hydrogens is 389 g/mol. The number of hydrogen-bond donors (Lipinski definition) is 1. The van der Waals surface area contributed by atoms with E-state index in [0.717, 1.165) is 12.1 Å². The van der Waals surface area contributed by atoms with Crippen LogP contribution in [-0.2, 0) is 6.18 Å². The number of fused-ring (bicyclic) bond motifs is 1. The second kappa shape index (κ2) is 6.89. The molecule has 0 saturated carbocycles. The molecule has 0 aliphatic carbocycles. The first kappa shape index (κ1) is 18.4. The average Bonchev–Trinajstić information content (AvgIpc) is 3.21. The molecule has 0 unspecified atom stereocenters. The molecule has 0 aliphatic rings. The minimum Gasteiger partial charge on any atom is -0.423 e. The first-order valence-corrected chi connectivity index (χ1v) is 8.24. The van der Waals surface area contributed by atoms with Gasteiger partial charge in [0.05, 0.1) is 11.1 Å². The first-order valence-electron chi connectivity index (χ1n) is 8.24. The second-order valence-corrected chi connectivity index (χ2v) is 6.00. The Morgan fingerprint density at radius 1 is 1.14 bits per heavy atom. The SMILES string of the molecule is O=C(Nc1ccc2c(C(F)(F)F)cc(=O)oc2c1)c1ccc(-n2cccn2)nc1. The van der Waals surface area contributed by atoms with Crippen molar-refractivity contribution in [2.75, 3.05) is 5.32 Å². The Kier molecular flexibility index (Phi) is 4.38. The van der Waals surface area contributed by atoms with Gasteiger partial charge in [-0.3, -0.25) is 4.79 Å². The van der Waals surface area contributed by atoms with E-state index in [0.29, 0.717) is 11.9 Å². The number of anilines is 1. The maximum atomic E-state index is 13.1. The summed E-state index contributed by atoms with van der Waals surface area (Å²) in [6.45, 7) is 0. The summed E-state index contributed by atoms with van der Waals surface area (Å²) in [5.41, 5.74) is -2.12. The fourth-order valence-electron chi connectivity index (χ4n) is 2.74. The molecule has 0 aliphatic heterocycles. The van der Waals surface area contributed by atoms with Crippen LogP contribution in [0.25, 0.3) is 16.8 Å². The summed E-state index contributed by atoms with van der Waals surface area (Å²) in [7, 11) is 0. The van der Waals surface area contributed by atoms with Crippen LogP contribution < -0.4 is 10.9 Å². The fraction of sp³-hybridized carbons (Fsp3) is 0.0526. The lowest BCUT2D eigenvalue weighted by atomic mass is 10.1. The van der Waals surface area contributed by atoms with Crippen molar-refractivity contribution in [3.63, 3.8) is 0 Å². The van der Waals surface area contributed by atoms with Gasteiger partial charge in [0, 0.05) is 41.8 Å². The summed E-state index contributed by atoms with van der Waals surface area (Å²) in [6, 6.07) is 8.84. The standard InChI is InChI=1S/C19H11F3N4O3/c20-19(21,22)14-9-17(27)29-15-8-12(3-4-13(14)15)25-18(28)11-2-5-16(23-10-11)26-7-1-6-24-26/h1-10H,(H,25,28). The number of carbonyl (C=O) groups is 1. The van der Waals surface area contributed by atoms with E-state index in [1.165, 1.54) is 23.0 Å². The number of carbonyl (C=O) groups excluding carboxylic acids is 1. The number of hydrogen-bond acceptors (Lipinski definition) is 5. The quantitative estimate of drug-likeness (QED) is 0.531. The van der Waals surface area contributed by atoms with Gasteiger partial charge in [-0.25, -0.2) is 14.5 Å². The maximum absolute atomic E-state index is 13.1. The van der Waals surface area contributed by atoms with Crippen molar-refractivity contribution < 1.29 is 22.4 Å². The van der Waals surface area contributed by atoms with Gasteiger partial charge in [0.15, 0.2) is 5.82 Å². The topological polar surface area (TPSA) is 90.0 Å². The van der Waals surface area contributed by atoms with Crippen LogP contribution in [-0.4, -0.2) is 20.7 Å². The third-order valence-corrected chi connectivity index (χ3v) is 4.06. The van der Waals surface area contributed by atoms with E-state index in [1.54, 1.807) is 24.5 Å². The predicted octanol–water partition coefficient (Wildman–Crippen LogP) is 3.64. The van der Waals surface area contributed by atoms with E-state index in [4.69, 9.17) is 4.42 Å². The molecule has 0 fully saturated rings. The Morgan fingerprint density at radius 2 is 1.97 bits per heavy atom. The third-order valence-electron chi connectivity index (χ3n) is 4.06. The molecule has 3 aromatic heterocycles. The van der Waals surface area contributed by atoms with Crippen LogP contribution in [0.4, 0.5) is 18.9 Å². The van der Waals surface area contributed by atoms with Gasteiger partial charge >= 0.3 is 11.8 Å². The molecule has 10 heteroatoms. The number of halogens is 3. The molecule has 3 heterocycles. The van der Waals surface area contributed by atoms with Crippen molar-refractivity contribution in [3.05, 3.63) is 82.6 Å². The summed E-state index contributed by atoms with van der Waals surface area (Å²) in [5, 5.41) is 6.29. The molecule has 0 spiro atoms. The van der Waals surface area contributed by atoms with Gasteiger partial charge in [0.2, 0.25) is 0 Å². The van der Waals surface area contributed by atoms with Gasteiger partial charge in [-0.1, -0.05) is 0 Å². The summed E-state index contributed by atoms with van der Waals surface area (Å²) in [4.78, 5) is 28.0. The Bertz CT molecular complexity index is 1250. The second-order valence-electron chi connectivity index (χ2n) is 6.00. The highest BCUT2D eigenvalue weighted by Crippen LogP contribution is 2.34. The Balaban J connectivity index is 1.61. The van der Waals surface area contributed by atoms with Crippen LogP contribution in [0.3, 0.4) is 0 Å². The van der Waals surface area contributed by atoms with Gasteiger partial charge in [0.25, 0.3) is 5.91 Å². The Labute approximate surface area is 160 Å². The molecule has 0 saturated heterocycles. The van der Waals surface area contributed by atoms with Crippen LogP contribution in [0.15, 0.2) is 70.3 Å². The fourth-order valence-corrected chi connectivity index (χ4v) is 2.74. The van der Waals surface area contributed by atoms with Gasteiger partial charge in [-0.15, -0.1) is 0 Å². The monoisotopic (exact) mass is 400 g/mol. The van der Waals surface area contributed by atoms with Gasteiger partial charge in [-0.2, -0.15) is 18.3 Å². The van der Waals surface area contributed by atoms with Crippen LogP contribution in [0.2, 0.25) is 0 Å². The zero-order chi connectivity index (χ0) is 20.6. The lowest BCUT2D eigenvalue weighted by molar-refractivity contribution is -0.136. The molecule has 1 N–H and O–H groups in total. The number of nitrogens with one attached hydrogen (secondary N) is 1. The van der Waals surface area contributed by atoms with Gasteiger partial charge < -0.3 is 9.73 Å². The molecular formula is C19H11F3N4O3. The number of benzene rings is 1. The number of nitrogens with zero attached hydrogens (tertiary/aromatic N) is 3. The molecule has 0 radical (unpaired) electrons. The van der Waals surface area contributed by atoms with Gasteiger partial charge in [0.1, 0.15) is 5.58 Å². The molecule has 7 nitrogen and oxygen atoms in total. The summed E-state index contributed by atoms with van der Waals surface area (Å²) in [6.07, 6.45) is -0.0824. The number of amides is 1. The lowest BCUT2D eigenvalue weighted by Gasteiger charge is -2.10. The maximum Gasteiger partial charge on any atom is 0.417 e. The highest BCUT2D eigenvalue weighted by Gasteiger charge is 2.33. The predicted molar refractivity (Wildman–Crippen MR) is 96.8 cm³/mol. The van der Waals surface area contributed by atoms with E-state index < -0.39 is 23.3 Å². The normalized spacial score (nSPS) is 11.6.